The summed E-state index contributed by atoms with van der Waals surface area (Å²) >= 11 is 0. The van der Waals surface area contributed by atoms with Gasteiger partial charge in [-0.05, 0) is 0 Å². The van der Waals surface area contributed by atoms with Gasteiger partial charge in [0, 0.05) is 9.67 Å². The minimum absolute atomic E-state index is 0.851. The van der Waals surface area contributed by atoms with E-state index in [9.17, 15) is 14.4 Å². The second kappa shape index (κ2) is 4.32. The van der Waals surface area contributed by atoms with Crippen molar-refractivity contribution in [2.24, 2.45) is 0 Å². The molecule has 0 aliphatic rings. The minimum Gasteiger partial charge on any atom is -0.481 e. The van der Waals surface area contributed by atoms with Crippen molar-refractivity contribution in [3.05, 3.63) is 0 Å². The normalized spacial score (nSPS) is 19.2. The lowest BCUT2D eigenvalue weighted by atomic mass is 10.2. The van der Waals surface area contributed by atoms with Crippen LogP contribution in [0.1, 0.15) is 17.4 Å². The molecule has 0 bridgehead atoms. The zero-order chi connectivity index (χ0) is 12.4. The van der Waals surface area contributed by atoms with Gasteiger partial charge >= 0.3 is 11.9 Å². The van der Waals surface area contributed by atoms with Gasteiger partial charge < -0.3 is 15.5 Å². The van der Waals surface area contributed by atoms with Gasteiger partial charge in [-0.2, -0.15) is 0 Å². The fourth-order valence-corrected chi connectivity index (χ4v) is 0.421. The van der Waals surface area contributed by atoms with Crippen LogP contribution in [0.3, 0.4) is 0 Å². The van der Waals surface area contributed by atoms with Gasteiger partial charge in [0.15, 0.2) is 0 Å². The lowest BCUT2D eigenvalue weighted by Crippen LogP contribution is -2.41. The number of hydrogen-bond acceptors (Lipinski definition) is 3. The van der Waals surface area contributed by atoms with E-state index in [1.807, 2.05) is 0 Å². The second-order valence-electron chi connectivity index (χ2n) is 1.79. The molecule has 6 nitrogen and oxygen atoms in total. The molecule has 6 heteroatoms. The molecule has 3 N–H and O–H groups in total. The predicted molar refractivity (Wildman–Crippen MR) is 37.5 cm³/mol. The lowest BCUT2D eigenvalue weighted by molar-refractivity contribution is -0.147. The summed E-state index contributed by atoms with van der Waals surface area (Å²) in [4.78, 5) is 31.6. The number of carboxylic acid groups (broad SMARTS) is 2. The summed E-state index contributed by atoms with van der Waals surface area (Å²) in [5.74, 6) is -5.25. The number of aliphatic carboxylic acids is 2. The molecule has 0 unspecified atom stereocenters. The lowest BCUT2D eigenvalue weighted by Gasteiger charge is -2.09. The molecule has 0 aromatic heterocycles. The number of carbonyl (C=O) groups excluding carboxylic acids is 1. The molecule has 0 aromatic carbocycles. The molecule has 0 aliphatic heterocycles. The van der Waals surface area contributed by atoms with Crippen LogP contribution in [-0.2, 0) is 14.4 Å². The van der Waals surface area contributed by atoms with Crippen molar-refractivity contribution >= 4 is 17.8 Å². The first kappa shape index (κ1) is 5.99. The van der Waals surface area contributed by atoms with Crippen LogP contribution in [-0.4, -0.2) is 34.1 Å². The summed E-state index contributed by atoms with van der Waals surface area (Å²) in [5, 5.41) is 18.4. The summed E-state index contributed by atoms with van der Waals surface area (Å²) in [6.45, 7) is 0.851. The van der Waals surface area contributed by atoms with Gasteiger partial charge in [0.1, 0.15) is 6.02 Å². The highest BCUT2D eigenvalue weighted by molar-refractivity contribution is 5.85. The van der Waals surface area contributed by atoms with Crippen LogP contribution in [0, 0.1) is 0 Å². The maximum Gasteiger partial charge on any atom is 0.326 e. The van der Waals surface area contributed by atoms with Gasteiger partial charge in [0.2, 0.25) is 5.91 Å². The second-order valence-corrected chi connectivity index (χ2v) is 1.79. The standard InChI is InChI=1S/C6H9NO5/c1-3(8)7-4(6(11)12)2-5(9)10/h4H,2H2,1H3,(H,7,8)(H,9,10)(H,11,12)/t4-/m1/s1/i2D2,4D. The Morgan fingerprint density at radius 3 is 2.33 bits per heavy atom. The Bertz CT molecular complexity index is 318. The van der Waals surface area contributed by atoms with E-state index in [-0.39, 0.29) is 0 Å². The summed E-state index contributed by atoms with van der Waals surface area (Å²) in [6, 6.07) is -3.26. The van der Waals surface area contributed by atoms with Gasteiger partial charge in [-0.1, -0.05) is 0 Å². The SMILES string of the molecule is [2H]C([2H])(C(=O)O)[C@@]([2H])(NC(C)=O)C(=O)O. The number of hydrogen-bond donors (Lipinski definition) is 3. The first-order valence-electron chi connectivity index (χ1n) is 4.31. The molecule has 68 valence electrons. The van der Waals surface area contributed by atoms with Crippen molar-refractivity contribution in [1.29, 1.82) is 0 Å². The van der Waals surface area contributed by atoms with E-state index in [0.29, 0.717) is 0 Å². The summed E-state index contributed by atoms with van der Waals surface area (Å²) in [7, 11) is 0. The summed E-state index contributed by atoms with van der Waals surface area (Å²) in [6.07, 6.45) is -3.44. The molecule has 0 fully saturated rings. The quantitative estimate of drug-likeness (QED) is 0.515. The number of carbonyl (C=O) groups is 3. The van der Waals surface area contributed by atoms with E-state index in [0.717, 1.165) is 6.92 Å². The molecular weight excluding hydrogens is 166 g/mol. The van der Waals surface area contributed by atoms with E-state index in [4.69, 9.17) is 14.3 Å². The van der Waals surface area contributed by atoms with Gasteiger partial charge in [0.25, 0.3) is 0 Å². The maximum absolute atomic E-state index is 10.6. The van der Waals surface area contributed by atoms with E-state index >= 15 is 0 Å². The Hall–Kier alpha value is -1.59. The highest BCUT2D eigenvalue weighted by Crippen LogP contribution is 1.91. The van der Waals surface area contributed by atoms with Crippen molar-refractivity contribution in [3.63, 3.8) is 0 Å². The van der Waals surface area contributed by atoms with Gasteiger partial charge in [-0.3, -0.25) is 9.59 Å². The van der Waals surface area contributed by atoms with Crippen LogP contribution in [0.25, 0.3) is 0 Å². The van der Waals surface area contributed by atoms with Crippen molar-refractivity contribution in [3.8, 4) is 0 Å². The smallest absolute Gasteiger partial charge is 0.326 e. The first-order valence-corrected chi connectivity index (χ1v) is 2.81. The van der Waals surface area contributed by atoms with Crippen LogP contribution in [0.5, 0.6) is 0 Å². The van der Waals surface area contributed by atoms with E-state index in [2.05, 4.69) is 0 Å². The Kier molecular flexibility index (Phi) is 2.16. The average molecular weight is 178 g/mol. The fraction of sp³-hybridized carbons (Fsp3) is 0.500. The Morgan fingerprint density at radius 2 is 2.08 bits per heavy atom. The van der Waals surface area contributed by atoms with Crippen LogP contribution >= 0.6 is 0 Å². The minimum atomic E-state index is -3.44. The molecular formula is C6H9NO5. The van der Waals surface area contributed by atoms with Gasteiger partial charge in [-0.25, -0.2) is 4.79 Å². The predicted octanol–water partition coefficient (Wildman–Crippen LogP) is -0.950. The monoisotopic (exact) mass is 178 g/mol. The molecule has 0 heterocycles. The zero-order valence-electron chi connectivity index (χ0n) is 9.12. The molecule has 0 saturated heterocycles. The van der Waals surface area contributed by atoms with E-state index in [1.165, 1.54) is 5.32 Å². The van der Waals surface area contributed by atoms with E-state index in [1.54, 1.807) is 0 Å². The molecule has 0 spiro atoms. The van der Waals surface area contributed by atoms with Crippen LogP contribution < -0.4 is 5.32 Å². The van der Waals surface area contributed by atoms with Gasteiger partial charge in [-0.15, -0.1) is 0 Å². The molecule has 1 atom stereocenters. The van der Waals surface area contributed by atoms with Crippen molar-refractivity contribution in [2.45, 2.75) is 19.3 Å². The van der Waals surface area contributed by atoms with Crippen molar-refractivity contribution in [1.82, 2.24) is 5.32 Å². The number of amides is 1. The molecule has 0 radical (unpaired) electrons. The highest BCUT2D eigenvalue weighted by Gasteiger charge is 2.21. The number of rotatable bonds is 4. The van der Waals surface area contributed by atoms with Crippen LogP contribution in [0.15, 0.2) is 0 Å². The molecule has 0 aromatic rings. The topological polar surface area (TPSA) is 104 Å². The third-order valence-electron chi connectivity index (χ3n) is 0.747. The number of nitrogens with one attached hydrogen (secondary N) is 1. The fourth-order valence-electron chi connectivity index (χ4n) is 0.421. The van der Waals surface area contributed by atoms with Crippen LogP contribution in [0.2, 0.25) is 0 Å². The van der Waals surface area contributed by atoms with Gasteiger partial charge in [0.05, 0.1) is 7.74 Å². The van der Waals surface area contributed by atoms with Crippen LogP contribution in [0.4, 0.5) is 0 Å². The zero-order valence-corrected chi connectivity index (χ0v) is 6.12. The Balaban J connectivity index is 5.38. The Morgan fingerprint density at radius 1 is 1.58 bits per heavy atom. The molecule has 0 saturated carbocycles. The van der Waals surface area contributed by atoms with Crippen molar-refractivity contribution < 1.29 is 28.7 Å². The first-order chi connectivity index (χ1) is 6.55. The largest absolute Gasteiger partial charge is 0.481 e. The summed E-state index contributed by atoms with van der Waals surface area (Å²) < 4.78 is 21.0. The molecule has 12 heavy (non-hydrogen) atoms. The average Bonchev–Trinajstić information content (AvgIpc) is 2.01. The third kappa shape index (κ3) is 4.26. The Labute approximate surface area is 72.4 Å². The summed E-state index contributed by atoms with van der Waals surface area (Å²) in [5.41, 5.74) is 0. The third-order valence-corrected chi connectivity index (χ3v) is 0.747. The van der Waals surface area contributed by atoms with Crippen molar-refractivity contribution in [2.75, 3.05) is 0 Å². The maximum atomic E-state index is 10.6. The molecule has 1 amide bonds. The molecule has 0 rings (SSSR count). The van der Waals surface area contributed by atoms with E-state index < -0.39 is 30.2 Å². The molecule has 0 aliphatic carbocycles. The number of carboxylic acids is 2. The highest BCUT2D eigenvalue weighted by atomic mass is 16.4.